The lowest BCUT2D eigenvalue weighted by atomic mass is 9.79. The van der Waals surface area contributed by atoms with Crippen molar-refractivity contribution < 1.29 is 14.4 Å². The van der Waals surface area contributed by atoms with Crippen LogP contribution in [0.15, 0.2) is 65.9 Å². The highest BCUT2D eigenvalue weighted by molar-refractivity contribution is 7.51. The molecule has 7 heteroatoms. The number of benzene rings is 2. The van der Waals surface area contributed by atoms with Crippen LogP contribution in [0.1, 0.15) is 60.8 Å². The van der Waals surface area contributed by atoms with E-state index >= 15 is 0 Å². The average Bonchev–Trinajstić information content (AvgIpc) is 3.26. The van der Waals surface area contributed by atoms with Crippen LogP contribution in [0.25, 0.3) is 11.3 Å². The molecule has 1 aromatic heterocycles. The Kier molecular flexibility index (Phi) is 6.73. The van der Waals surface area contributed by atoms with Gasteiger partial charge in [0.05, 0.1) is 17.5 Å². The number of hydrogen-bond donors (Lipinski definition) is 2. The molecule has 34 heavy (non-hydrogen) atoms. The highest BCUT2D eigenvalue weighted by Crippen LogP contribution is 2.44. The molecule has 5 rings (SSSR count). The summed E-state index contributed by atoms with van der Waals surface area (Å²) in [5.74, 6) is 0.840. The van der Waals surface area contributed by atoms with Crippen LogP contribution < -0.4 is 0 Å². The Bertz CT molecular complexity index is 1200. The molecule has 0 radical (unpaired) electrons. The van der Waals surface area contributed by atoms with Crippen molar-refractivity contribution in [3.8, 4) is 11.3 Å². The van der Waals surface area contributed by atoms with Gasteiger partial charge in [-0.2, -0.15) is 0 Å². The minimum atomic E-state index is -3.91. The van der Waals surface area contributed by atoms with Crippen molar-refractivity contribution in [1.82, 2.24) is 9.97 Å². The Morgan fingerprint density at radius 3 is 2.35 bits per heavy atom. The number of hydrogen-bond acceptors (Lipinski definition) is 4. The maximum absolute atomic E-state index is 11.3. The molecule has 1 fully saturated rings. The topological polar surface area (TPSA) is 95.7 Å². The van der Waals surface area contributed by atoms with E-state index in [1.54, 1.807) is 6.33 Å². The molecule has 6 nitrogen and oxygen atoms in total. The van der Waals surface area contributed by atoms with E-state index in [0.717, 1.165) is 61.2 Å². The number of aromatic nitrogens is 2. The summed E-state index contributed by atoms with van der Waals surface area (Å²) in [6.07, 6.45) is 9.39. The Balaban J connectivity index is 1.18. The first kappa shape index (κ1) is 23.1. The van der Waals surface area contributed by atoms with Crippen molar-refractivity contribution in [3.05, 3.63) is 77.7 Å². The fourth-order valence-electron chi connectivity index (χ4n) is 5.34. The summed E-state index contributed by atoms with van der Waals surface area (Å²) in [6, 6.07) is 19.0. The predicted molar refractivity (Wildman–Crippen MR) is 135 cm³/mol. The summed E-state index contributed by atoms with van der Waals surface area (Å²) in [5, 5.41) is 0. The summed E-state index contributed by atoms with van der Waals surface area (Å²) >= 11 is 0. The van der Waals surface area contributed by atoms with E-state index in [2.05, 4.69) is 51.4 Å². The van der Waals surface area contributed by atoms with Gasteiger partial charge >= 0.3 is 7.60 Å². The maximum Gasteiger partial charge on any atom is 0.325 e. The number of fused-ring (bicyclic) bond motifs is 1. The maximum atomic E-state index is 11.3. The van der Waals surface area contributed by atoms with Crippen LogP contribution in [0.3, 0.4) is 0 Å². The van der Waals surface area contributed by atoms with Gasteiger partial charge < -0.3 is 9.79 Å². The van der Waals surface area contributed by atoms with Gasteiger partial charge in [0.2, 0.25) is 0 Å². The molecule has 3 aromatic rings. The molecule has 2 aromatic carbocycles. The lowest BCUT2D eigenvalue weighted by Gasteiger charge is -2.29. The number of nitrogens with zero attached hydrogens (tertiary/aromatic N) is 3. The highest BCUT2D eigenvalue weighted by Gasteiger charge is 2.28. The average molecular weight is 476 g/mol. The van der Waals surface area contributed by atoms with Gasteiger partial charge in [-0.05, 0) is 61.5 Å². The molecule has 0 amide bonds. The molecule has 0 bridgehead atoms. The van der Waals surface area contributed by atoms with Crippen LogP contribution in [0.2, 0.25) is 0 Å². The summed E-state index contributed by atoms with van der Waals surface area (Å²) < 4.78 is 11.3. The highest BCUT2D eigenvalue weighted by atomic mass is 31.2. The molecule has 2 heterocycles. The summed E-state index contributed by atoms with van der Waals surface area (Å²) in [4.78, 5) is 32.2. The van der Waals surface area contributed by atoms with E-state index < -0.39 is 7.60 Å². The second-order valence-corrected chi connectivity index (χ2v) is 11.2. The molecule has 1 aliphatic heterocycles. The fourth-order valence-corrected chi connectivity index (χ4v) is 6.38. The van der Waals surface area contributed by atoms with Gasteiger partial charge in [0, 0.05) is 17.7 Å². The van der Waals surface area contributed by atoms with Gasteiger partial charge in [-0.1, -0.05) is 54.6 Å². The monoisotopic (exact) mass is 475 g/mol. The molecule has 0 unspecified atom stereocenters. The predicted octanol–water partition coefficient (Wildman–Crippen LogP) is 6.03. The van der Waals surface area contributed by atoms with Gasteiger partial charge in [-0.25, -0.2) is 9.97 Å². The van der Waals surface area contributed by atoms with Crippen molar-refractivity contribution >= 4 is 19.5 Å². The van der Waals surface area contributed by atoms with E-state index in [1.165, 1.54) is 11.1 Å². The van der Waals surface area contributed by atoms with E-state index in [9.17, 15) is 14.4 Å². The van der Waals surface area contributed by atoms with Crippen molar-refractivity contribution in [1.29, 1.82) is 0 Å². The van der Waals surface area contributed by atoms with Gasteiger partial charge in [0.15, 0.2) is 0 Å². The molecule has 2 N–H and O–H groups in total. The SMILES string of the molecule is O=P(O)(O)C[C@H]1CC[C@H](c2ccc(CC[C@H]3C=Nc4c(-c5ccccc5)ncnc43)cc2)CC1. The van der Waals surface area contributed by atoms with Crippen LogP contribution in [0.5, 0.6) is 0 Å². The second-order valence-electron chi connectivity index (χ2n) is 9.55. The molecule has 2 aliphatic rings. The standard InChI is InChI=1S/C27H30N3O3P/c31-34(32,33)17-20-9-13-22(14-10-20)21-11-6-19(7-12-21)8-15-24-16-28-27-25(29-18-30-26(24)27)23-4-2-1-3-5-23/h1-7,11-12,16,18,20,22,24H,8-10,13-15,17H2,(H2,31,32,33)/t20-,22-,24-/m0/s1. The second kappa shape index (κ2) is 9.91. The third-order valence-electron chi connectivity index (χ3n) is 7.17. The van der Waals surface area contributed by atoms with Crippen molar-refractivity contribution in [2.45, 2.75) is 50.4 Å². The minimum absolute atomic E-state index is 0.0318. The molecule has 0 spiro atoms. The Labute approximate surface area is 200 Å². The summed E-state index contributed by atoms with van der Waals surface area (Å²) in [6.45, 7) is 0. The van der Waals surface area contributed by atoms with Crippen molar-refractivity contribution in [2.24, 2.45) is 10.9 Å². The molecule has 1 aliphatic carbocycles. The first-order valence-corrected chi connectivity index (χ1v) is 13.8. The van der Waals surface area contributed by atoms with Gasteiger partial charge in [0.1, 0.15) is 12.0 Å². The lowest BCUT2D eigenvalue weighted by Crippen LogP contribution is -2.16. The zero-order valence-corrected chi connectivity index (χ0v) is 20.0. The Morgan fingerprint density at radius 1 is 0.912 bits per heavy atom. The number of aryl methyl sites for hydroxylation is 1. The van der Waals surface area contributed by atoms with E-state index in [0.29, 0.717) is 5.92 Å². The van der Waals surface area contributed by atoms with Crippen molar-refractivity contribution in [2.75, 3.05) is 6.16 Å². The number of rotatable bonds is 7. The fraction of sp³-hybridized carbons (Fsp3) is 0.370. The normalized spacial score (nSPS) is 22.0. The Morgan fingerprint density at radius 2 is 1.65 bits per heavy atom. The largest absolute Gasteiger partial charge is 0.325 e. The van der Waals surface area contributed by atoms with Gasteiger partial charge in [-0.3, -0.25) is 9.56 Å². The zero-order valence-electron chi connectivity index (χ0n) is 19.1. The van der Waals surface area contributed by atoms with Crippen molar-refractivity contribution in [3.63, 3.8) is 0 Å². The van der Waals surface area contributed by atoms with Crippen LogP contribution in [-0.4, -0.2) is 32.1 Å². The van der Waals surface area contributed by atoms with Gasteiger partial charge in [0.25, 0.3) is 0 Å². The van der Waals surface area contributed by atoms with E-state index in [-0.39, 0.29) is 18.0 Å². The third-order valence-corrected chi connectivity index (χ3v) is 8.16. The Hall–Kier alpha value is -2.66. The summed E-state index contributed by atoms with van der Waals surface area (Å²) in [5.41, 5.74) is 6.50. The van der Waals surface area contributed by atoms with E-state index in [1.807, 2.05) is 24.4 Å². The quantitative estimate of drug-likeness (QED) is 0.407. The summed E-state index contributed by atoms with van der Waals surface area (Å²) in [7, 11) is -3.91. The molecule has 0 saturated heterocycles. The third kappa shape index (κ3) is 5.35. The first-order chi connectivity index (χ1) is 16.5. The van der Waals surface area contributed by atoms with Crippen LogP contribution in [0.4, 0.5) is 5.69 Å². The lowest BCUT2D eigenvalue weighted by molar-refractivity contribution is 0.316. The molecular formula is C27H30N3O3P. The molecule has 1 atom stereocenters. The minimum Gasteiger partial charge on any atom is -0.324 e. The first-order valence-electron chi connectivity index (χ1n) is 12.0. The number of aliphatic imine (C=N–C) groups is 1. The molecular weight excluding hydrogens is 445 g/mol. The zero-order chi connectivity index (χ0) is 23.5. The smallest absolute Gasteiger partial charge is 0.324 e. The van der Waals surface area contributed by atoms with Gasteiger partial charge in [-0.15, -0.1) is 0 Å². The molecule has 1 saturated carbocycles. The van der Waals surface area contributed by atoms with E-state index in [4.69, 9.17) is 0 Å². The van der Waals surface area contributed by atoms with Crippen LogP contribution in [-0.2, 0) is 11.0 Å². The van der Waals surface area contributed by atoms with Crippen LogP contribution in [0, 0.1) is 5.92 Å². The van der Waals surface area contributed by atoms with Crippen LogP contribution >= 0.6 is 7.60 Å². The molecule has 176 valence electrons.